The lowest BCUT2D eigenvalue weighted by Crippen LogP contribution is -2.16. The van der Waals surface area contributed by atoms with Crippen molar-refractivity contribution in [1.29, 1.82) is 0 Å². The number of nitrogens with one attached hydrogen (secondary N) is 1. The zero-order valence-corrected chi connectivity index (χ0v) is 18.7. The summed E-state index contributed by atoms with van der Waals surface area (Å²) >= 11 is 0. The summed E-state index contributed by atoms with van der Waals surface area (Å²) in [6.07, 6.45) is 0.898. The van der Waals surface area contributed by atoms with E-state index in [9.17, 15) is 0 Å². The molecule has 0 aliphatic rings. The van der Waals surface area contributed by atoms with E-state index in [1.54, 1.807) is 21.3 Å². The Hall–Kier alpha value is -3.18. The van der Waals surface area contributed by atoms with Crippen molar-refractivity contribution < 1.29 is 18.9 Å². The number of aryl methyl sites for hydroxylation is 1. The summed E-state index contributed by atoms with van der Waals surface area (Å²) < 4.78 is 22.2. The quantitative estimate of drug-likeness (QED) is 0.445. The van der Waals surface area contributed by atoms with Crippen LogP contribution in [0.3, 0.4) is 0 Å². The lowest BCUT2D eigenvalue weighted by Gasteiger charge is -2.14. The van der Waals surface area contributed by atoms with Crippen LogP contribution in [0.1, 0.15) is 22.3 Å². The fourth-order valence-electron chi connectivity index (χ4n) is 3.37. The van der Waals surface area contributed by atoms with Gasteiger partial charge in [0.15, 0.2) is 23.0 Å². The molecule has 3 aromatic rings. The molecule has 0 spiro atoms. The fourth-order valence-corrected chi connectivity index (χ4v) is 3.37. The van der Waals surface area contributed by atoms with Gasteiger partial charge in [-0.1, -0.05) is 36.4 Å². The lowest BCUT2D eigenvalue weighted by molar-refractivity contribution is 0.283. The number of hydrogen-bond donors (Lipinski definition) is 1. The van der Waals surface area contributed by atoms with E-state index in [1.165, 1.54) is 16.7 Å². The zero-order chi connectivity index (χ0) is 22.1. The first-order valence-corrected chi connectivity index (χ1v) is 10.4. The van der Waals surface area contributed by atoms with Crippen molar-refractivity contribution in [2.24, 2.45) is 0 Å². The monoisotopic (exact) mass is 421 g/mol. The number of rotatable bonds is 11. The summed E-state index contributed by atoms with van der Waals surface area (Å²) in [6, 6.07) is 20.3. The highest BCUT2D eigenvalue weighted by atomic mass is 16.5. The number of methoxy groups -OCH3 is 3. The van der Waals surface area contributed by atoms with Crippen LogP contribution >= 0.6 is 0 Å². The average Bonchev–Trinajstić information content (AvgIpc) is 2.81. The molecule has 0 heterocycles. The summed E-state index contributed by atoms with van der Waals surface area (Å²) in [7, 11) is 4.97. The Morgan fingerprint density at radius 1 is 0.710 bits per heavy atom. The second-order valence-corrected chi connectivity index (χ2v) is 7.32. The van der Waals surface area contributed by atoms with Gasteiger partial charge in [-0.25, -0.2) is 0 Å². The van der Waals surface area contributed by atoms with Gasteiger partial charge in [0, 0.05) is 6.54 Å². The van der Waals surface area contributed by atoms with Crippen LogP contribution in [0.5, 0.6) is 23.0 Å². The number of benzene rings is 3. The second kappa shape index (κ2) is 11.3. The minimum atomic E-state index is 0.520. The van der Waals surface area contributed by atoms with Crippen LogP contribution in [0.25, 0.3) is 0 Å². The van der Waals surface area contributed by atoms with Crippen LogP contribution in [-0.2, 0) is 19.6 Å². The minimum absolute atomic E-state index is 0.520. The molecule has 164 valence electrons. The second-order valence-electron chi connectivity index (χ2n) is 7.32. The molecular weight excluding hydrogens is 390 g/mol. The molecule has 0 amide bonds. The predicted octanol–water partition coefficient (Wildman–Crippen LogP) is 4.93. The van der Waals surface area contributed by atoms with Gasteiger partial charge in [0.05, 0.1) is 21.3 Å². The fraction of sp³-hybridized carbons (Fsp3) is 0.308. The summed E-state index contributed by atoms with van der Waals surface area (Å²) in [5, 5.41) is 3.48. The maximum absolute atomic E-state index is 6.01. The van der Waals surface area contributed by atoms with Crippen LogP contribution in [0.2, 0.25) is 0 Å². The van der Waals surface area contributed by atoms with E-state index in [1.807, 2.05) is 36.4 Å². The summed E-state index contributed by atoms with van der Waals surface area (Å²) in [6.45, 7) is 4.21. The van der Waals surface area contributed by atoms with Crippen molar-refractivity contribution in [2.75, 3.05) is 27.9 Å². The van der Waals surface area contributed by atoms with E-state index < -0.39 is 0 Å². The molecule has 1 N–H and O–H groups in total. The molecule has 0 bridgehead atoms. The summed E-state index contributed by atoms with van der Waals surface area (Å²) in [5.41, 5.74) is 4.73. The van der Waals surface area contributed by atoms with Crippen molar-refractivity contribution >= 4 is 0 Å². The first-order valence-electron chi connectivity index (χ1n) is 10.4. The van der Waals surface area contributed by atoms with Gasteiger partial charge in [0.2, 0.25) is 0 Å². The Labute approximate surface area is 184 Å². The van der Waals surface area contributed by atoms with E-state index in [0.717, 1.165) is 48.1 Å². The van der Waals surface area contributed by atoms with Crippen molar-refractivity contribution in [3.63, 3.8) is 0 Å². The van der Waals surface area contributed by atoms with Gasteiger partial charge in [-0.15, -0.1) is 0 Å². The molecule has 0 atom stereocenters. The highest BCUT2D eigenvalue weighted by molar-refractivity contribution is 5.44. The van der Waals surface area contributed by atoms with Crippen LogP contribution in [0.15, 0.2) is 60.7 Å². The van der Waals surface area contributed by atoms with E-state index >= 15 is 0 Å². The zero-order valence-electron chi connectivity index (χ0n) is 18.7. The molecule has 5 heteroatoms. The Balaban J connectivity index is 1.52. The molecule has 5 nitrogen and oxygen atoms in total. The van der Waals surface area contributed by atoms with Gasteiger partial charge in [-0.05, 0) is 66.4 Å². The molecular formula is C26H31NO4. The van der Waals surface area contributed by atoms with Crippen molar-refractivity contribution in [3.8, 4) is 23.0 Å². The molecule has 31 heavy (non-hydrogen) atoms. The van der Waals surface area contributed by atoms with Gasteiger partial charge in [-0.2, -0.15) is 0 Å². The molecule has 0 aliphatic heterocycles. The molecule has 0 unspecified atom stereocenters. The molecule has 0 aromatic heterocycles. The molecule has 0 fully saturated rings. The normalized spacial score (nSPS) is 10.6. The minimum Gasteiger partial charge on any atom is -0.493 e. The summed E-state index contributed by atoms with van der Waals surface area (Å²) in [4.78, 5) is 0. The molecule has 0 saturated heterocycles. The first-order chi connectivity index (χ1) is 15.1. The van der Waals surface area contributed by atoms with Gasteiger partial charge >= 0.3 is 0 Å². The summed E-state index contributed by atoms with van der Waals surface area (Å²) in [5.74, 6) is 3.00. The van der Waals surface area contributed by atoms with Gasteiger partial charge in [0.1, 0.15) is 6.61 Å². The Morgan fingerprint density at radius 3 is 2.10 bits per heavy atom. The first kappa shape index (κ1) is 22.5. The van der Waals surface area contributed by atoms with Crippen molar-refractivity contribution in [2.45, 2.75) is 26.5 Å². The Bertz CT molecular complexity index is 987. The van der Waals surface area contributed by atoms with Crippen LogP contribution in [0.4, 0.5) is 0 Å². The standard InChI is InChI=1S/C26H31NO4/c1-19-7-5-6-8-22(19)18-31-24-12-10-21(16-26(24)30-4)17-27-14-13-20-9-11-23(28-2)25(15-20)29-3/h5-12,15-16,27H,13-14,17-18H2,1-4H3. The molecule has 0 radical (unpaired) electrons. The van der Waals surface area contributed by atoms with E-state index in [0.29, 0.717) is 6.61 Å². The smallest absolute Gasteiger partial charge is 0.161 e. The lowest BCUT2D eigenvalue weighted by atomic mass is 10.1. The molecule has 3 rings (SSSR count). The van der Waals surface area contributed by atoms with Gasteiger partial charge < -0.3 is 24.3 Å². The average molecular weight is 422 g/mol. The number of ether oxygens (including phenoxy) is 4. The number of hydrogen-bond acceptors (Lipinski definition) is 5. The maximum atomic E-state index is 6.01. The highest BCUT2D eigenvalue weighted by Gasteiger charge is 2.08. The molecule has 0 aliphatic carbocycles. The van der Waals surface area contributed by atoms with Crippen LogP contribution < -0.4 is 24.3 Å². The Kier molecular flexibility index (Phi) is 8.19. The SMILES string of the molecule is COc1ccc(CCNCc2ccc(OCc3ccccc3C)c(OC)c2)cc1OC. The largest absolute Gasteiger partial charge is 0.493 e. The van der Waals surface area contributed by atoms with E-state index in [-0.39, 0.29) is 0 Å². The third-order valence-corrected chi connectivity index (χ3v) is 5.24. The van der Waals surface area contributed by atoms with Gasteiger partial charge in [-0.3, -0.25) is 0 Å². The van der Waals surface area contributed by atoms with Crippen LogP contribution in [-0.4, -0.2) is 27.9 Å². The van der Waals surface area contributed by atoms with Crippen LogP contribution in [0, 0.1) is 6.92 Å². The topological polar surface area (TPSA) is 49.0 Å². The highest BCUT2D eigenvalue weighted by Crippen LogP contribution is 2.29. The Morgan fingerprint density at radius 2 is 1.35 bits per heavy atom. The van der Waals surface area contributed by atoms with E-state index in [4.69, 9.17) is 18.9 Å². The molecule has 3 aromatic carbocycles. The molecule has 0 saturated carbocycles. The van der Waals surface area contributed by atoms with Crippen molar-refractivity contribution in [3.05, 3.63) is 82.9 Å². The third-order valence-electron chi connectivity index (χ3n) is 5.24. The van der Waals surface area contributed by atoms with Crippen molar-refractivity contribution in [1.82, 2.24) is 5.32 Å². The maximum Gasteiger partial charge on any atom is 0.161 e. The third kappa shape index (κ3) is 6.15. The van der Waals surface area contributed by atoms with Gasteiger partial charge in [0.25, 0.3) is 0 Å². The van der Waals surface area contributed by atoms with E-state index in [2.05, 4.69) is 36.5 Å². The predicted molar refractivity (Wildman–Crippen MR) is 123 cm³/mol.